The molecule has 0 unspecified atom stereocenters. The number of hydrogen-bond acceptors (Lipinski definition) is 10. The Hall–Kier alpha value is -4.85. The van der Waals surface area contributed by atoms with Gasteiger partial charge in [-0.05, 0) is 43.5 Å². The Morgan fingerprint density at radius 1 is 1.15 bits per heavy atom. The van der Waals surface area contributed by atoms with Crippen LogP contribution in [0.4, 0.5) is 30.6 Å². The van der Waals surface area contributed by atoms with Crippen LogP contribution in [0.3, 0.4) is 0 Å². The zero-order chi connectivity index (χ0) is 29.6. The number of rotatable bonds is 9. The summed E-state index contributed by atoms with van der Waals surface area (Å²) in [6.45, 7) is 0.284. The summed E-state index contributed by atoms with van der Waals surface area (Å²) in [5.41, 5.74) is 7.12. The predicted octanol–water partition coefficient (Wildman–Crippen LogP) is 3.59. The van der Waals surface area contributed by atoms with Gasteiger partial charge < -0.3 is 32.2 Å². The zero-order valence-corrected chi connectivity index (χ0v) is 21.7. The van der Waals surface area contributed by atoms with E-state index in [4.69, 9.17) is 21.7 Å². The van der Waals surface area contributed by atoms with Gasteiger partial charge >= 0.3 is 6.18 Å². The summed E-state index contributed by atoms with van der Waals surface area (Å²) in [6, 6.07) is 7.12. The third-order valence-corrected chi connectivity index (χ3v) is 6.36. The SMILES string of the molecule is N=C1CCC[C@H](Nc2ncnc(N)c2C(=N)c2ccc(C(=O)Nc3cc(C(F)(F)F)ccn3)cc2)/C1=C/NCCO. The average molecular weight is 568 g/mol. The molecule has 1 amide bonds. The first kappa shape index (κ1) is 29.1. The molecular formula is C27H28F3N9O2. The molecule has 1 aliphatic carbocycles. The van der Waals surface area contributed by atoms with Gasteiger partial charge in [0.25, 0.3) is 5.91 Å². The molecule has 0 spiro atoms. The molecule has 0 bridgehead atoms. The Morgan fingerprint density at radius 2 is 1.88 bits per heavy atom. The van der Waals surface area contributed by atoms with Crippen molar-refractivity contribution in [3.8, 4) is 0 Å². The number of nitrogens with two attached hydrogens (primary N) is 1. The summed E-state index contributed by atoms with van der Waals surface area (Å²) < 4.78 is 38.9. The molecule has 0 saturated heterocycles. The molecule has 1 aliphatic rings. The largest absolute Gasteiger partial charge is 0.416 e. The van der Waals surface area contributed by atoms with Gasteiger partial charge in [-0.2, -0.15) is 13.2 Å². The van der Waals surface area contributed by atoms with Gasteiger partial charge in [-0.25, -0.2) is 15.0 Å². The molecule has 1 aromatic carbocycles. The normalized spacial score (nSPS) is 16.3. The van der Waals surface area contributed by atoms with Crippen LogP contribution < -0.4 is 21.7 Å². The first-order chi connectivity index (χ1) is 19.6. The first-order valence-electron chi connectivity index (χ1n) is 12.6. The second-order valence-corrected chi connectivity index (χ2v) is 9.16. The summed E-state index contributed by atoms with van der Waals surface area (Å²) in [7, 11) is 0. The lowest BCUT2D eigenvalue weighted by molar-refractivity contribution is -0.137. The number of aliphatic hydroxyl groups excluding tert-OH is 1. The van der Waals surface area contributed by atoms with E-state index in [0.717, 1.165) is 24.8 Å². The molecule has 214 valence electrons. The molecule has 3 aromatic rings. The van der Waals surface area contributed by atoms with Crippen LogP contribution in [-0.4, -0.2) is 56.6 Å². The molecule has 4 rings (SSSR count). The number of anilines is 3. The summed E-state index contributed by atoms with van der Waals surface area (Å²) in [5.74, 6) is -0.566. The molecule has 2 aromatic heterocycles. The number of nitrogen functional groups attached to an aromatic ring is 1. The van der Waals surface area contributed by atoms with Crippen molar-refractivity contribution in [2.45, 2.75) is 31.5 Å². The minimum Gasteiger partial charge on any atom is -0.395 e. The Bertz CT molecular complexity index is 1470. The van der Waals surface area contributed by atoms with Gasteiger partial charge in [0.15, 0.2) is 0 Å². The van der Waals surface area contributed by atoms with Crippen molar-refractivity contribution < 1.29 is 23.1 Å². The lowest BCUT2D eigenvalue weighted by Crippen LogP contribution is -2.33. The first-order valence-corrected chi connectivity index (χ1v) is 12.6. The molecule has 1 atom stereocenters. The van der Waals surface area contributed by atoms with E-state index in [9.17, 15) is 18.0 Å². The number of aliphatic hydroxyl groups is 1. The van der Waals surface area contributed by atoms with Crippen LogP contribution in [0.2, 0.25) is 0 Å². The number of carbonyl (C=O) groups excluding carboxylic acids is 1. The number of nitrogens with zero attached hydrogens (tertiary/aromatic N) is 3. The van der Waals surface area contributed by atoms with E-state index in [1.54, 1.807) is 6.20 Å². The van der Waals surface area contributed by atoms with Gasteiger partial charge in [0.2, 0.25) is 0 Å². The van der Waals surface area contributed by atoms with E-state index >= 15 is 0 Å². The van der Waals surface area contributed by atoms with Crippen molar-refractivity contribution in [3.05, 3.63) is 82.9 Å². The maximum absolute atomic E-state index is 13.0. The summed E-state index contributed by atoms with van der Waals surface area (Å²) in [6.07, 6.45) is 1.45. The molecule has 0 aliphatic heterocycles. The molecule has 8 N–H and O–H groups in total. The lowest BCUT2D eigenvalue weighted by Gasteiger charge is -2.28. The summed E-state index contributed by atoms with van der Waals surface area (Å²) in [4.78, 5) is 24.7. The van der Waals surface area contributed by atoms with Gasteiger partial charge in [-0.1, -0.05) is 12.1 Å². The number of amides is 1. The van der Waals surface area contributed by atoms with Gasteiger partial charge in [0.1, 0.15) is 23.8 Å². The van der Waals surface area contributed by atoms with Crippen LogP contribution >= 0.6 is 0 Å². The number of pyridine rings is 1. The quantitative estimate of drug-likeness (QED) is 0.151. The van der Waals surface area contributed by atoms with Gasteiger partial charge in [-0.3, -0.25) is 10.2 Å². The fourth-order valence-electron chi connectivity index (χ4n) is 4.29. The number of aromatic nitrogens is 3. The zero-order valence-electron chi connectivity index (χ0n) is 21.7. The fraction of sp³-hybridized carbons (Fsp3) is 0.259. The Morgan fingerprint density at radius 3 is 2.59 bits per heavy atom. The third kappa shape index (κ3) is 7.03. The maximum atomic E-state index is 13.0. The number of benzene rings is 1. The Balaban J connectivity index is 1.53. The standard InChI is InChI=1S/C27H28F3N9O2/c28-27(29,30)17-8-9-35-21(12-17)39-26(41)16-6-4-15(5-7-16)23(32)22-24(33)36-14-37-25(22)38-20-3-1-2-19(31)18(20)13-34-10-11-40/h4-9,12-14,20,31-32,34,40H,1-3,10-11H2,(H,35,39,41)(H3,33,36,37,38)/b18-13+,31-19?,32-23?/t20-/m0/s1. The lowest BCUT2D eigenvalue weighted by atomic mass is 9.88. The maximum Gasteiger partial charge on any atom is 0.416 e. The van der Waals surface area contributed by atoms with Crippen LogP contribution in [0.25, 0.3) is 0 Å². The smallest absolute Gasteiger partial charge is 0.395 e. The van der Waals surface area contributed by atoms with Crippen molar-refractivity contribution in [2.75, 3.05) is 29.5 Å². The van der Waals surface area contributed by atoms with E-state index in [1.165, 1.54) is 30.6 Å². The van der Waals surface area contributed by atoms with Gasteiger partial charge in [0, 0.05) is 41.4 Å². The van der Waals surface area contributed by atoms with Crippen LogP contribution in [-0.2, 0) is 6.18 Å². The summed E-state index contributed by atoms with van der Waals surface area (Å²) >= 11 is 0. The minimum atomic E-state index is -4.57. The summed E-state index contributed by atoms with van der Waals surface area (Å²) in [5, 5.41) is 34.9. The number of alkyl halides is 3. The minimum absolute atomic E-state index is 0.0214. The third-order valence-electron chi connectivity index (χ3n) is 6.36. The molecule has 1 saturated carbocycles. The van der Waals surface area contributed by atoms with E-state index < -0.39 is 17.6 Å². The van der Waals surface area contributed by atoms with E-state index in [2.05, 4.69) is 30.9 Å². The van der Waals surface area contributed by atoms with Crippen LogP contribution in [0.15, 0.2) is 60.7 Å². The monoisotopic (exact) mass is 567 g/mol. The topological polar surface area (TPSA) is 186 Å². The molecular weight excluding hydrogens is 539 g/mol. The fourth-order valence-corrected chi connectivity index (χ4v) is 4.29. The van der Waals surface area contributed by atoms with Crippen molar-refractivity contribution in [1.82, 2.24) is 20.3 Å². The highest BCUT2D eigenvalue weighted by Crippen LogP contribution is 2.30. The van der Waals surface area contributed by atoms with Crippen LogP contribution in [0.1, 0.15) is 46.3 Å². The highest BCUT2D eigenvalue weighted by molar-refractivity contribution is 6.16. The van der Waals surface area contributed by atoms with Crippen molar-refractivity contribution in [2.24, 2.45) is 0 Å². The van der Waals surface area contributed by atoms with Crippen LogP contribution in [0, 0.1) is 10.8 Å². The molecule has 11 nitrogen and oxygen atoms in total. The van der Waals surface area contributed by atoms with Gasteiger partial charge in [0.05, 0.1) is 29.5 Å². The average Bonchev–Trinajstić information content (AvgIpc) is 2.94. The molecule has 14 heteroatoms. The molecule has 0 radical (unpaired) electrons. The molecule has 1 fully saturated rings. The molecule has 41 heavy (non-hydrogen) atoms. The van der Waals surface area contributed by atoms with E-state index in [1.807, 2.05) is 0 Å². The van der Waals surface area contributed by atoms with Crippen molar-refractivity contribution >= 4 is 34.8 Å². The number of halogens is 3. The van der Waals surface area contributed by atoms with E-state index in [0.29, 0.717) is 42.1 Å². The number of carbonyl (C=O) groups is 1. The molecule has 2 heterocycles. The number of hydrogen-bond donors (Lipinski definition) is 7. The Labute approximate surface area is 233 Å². The van der Waals surface area contributed by atoms with Crippen molar-refractivity contribution in [3.63, 3.8) is 0 Å². The van der Waals surface area contributed by atoms with Gasteiger partial charge in [-0.15, -0.1) is 0 Å². The second-order valence-electron chi connectivity index (χ2n) is 9.16. The number of nitrogens with one attached hydrogen (secondary N) is 5. The predicted molar refractivity (Wildman–Crippen MR) is 148 cm³/mol. The highest BCUT2D eigenvalue weighted by Gasteiger charge is 2.31. The highest BCUT2D eigenvalue weighted by atomic mass is 19.4. The van der Waals surface area contributed by atoms with Crippen molar-refractivity contribution in [1.29, 1.82) is 10.8 Å². The Kier molecular flexibility index (Phi) is 8.92. The van der Waals surface area contributed by atoms with Crippen LogP contribution in [0.5, 0.6) is 0 Å². The second kappa shape index (κ2) is 12.6. The van der Waals surface area contributed by atoms with E-state index in [-0.39, 0.29) is 41.1 Å².